The number of rotatable bonds is 4. The Kier molecular flexibility index (Phi) is 5.25. The number of halogens is 2. The van der Waals surface area contributed by atoms with Gasteiger partial charge in [0.2, 0.25) is 5.91 Å². The van der Waals surface area contributed by atoms with Crippen LogP contribution in [-0.4, -0.2) is 23.8 Å². The Bertz CT molecular complexity index is 464. The minimum atomic E-state index is -1.18. The Morgan fingerprint density at radius 1 is 1.28 bits per heavy atom. The molecule has 1 rings (SSSR count). The summed E-state index contributed by atoms with van der Waals surface area (Å²) < 4.78 is 5.07. The number of carbonyl (C=O) groups excluding carboxylic acids is 2. The molecular weight excluding hydrogens is 279 g/mol. The smallest absolute Gasteiger partial charge is 0.257 e. The highest BCUT2D eigenvalue weighted by molar-refractivity contribution is 6.54. The SMILES string of the molecule is COc1ccc(NC(C)=O)cc1NC(=O)C(Cl)Cl. The fraction of sp³-hybridized carbons (Fsp3) is 0.273. The molecule has 5 nitrogen and oxygen atoms in total. The van der Waals surface area contributed by atoms with E-state index >= 15 is 0 Å². The fourth-order valence-electron chi connectivity index (χ4n) is 1.27. The number of methoxy groups -OCH3 is 1. The zero-order chi connectivity index (χ0) is 13.7. The van der Waals surface area contributed by atoms with Gasteiger partial charge in [0.25, 0.3) is 5.91 Å². The highest BCUT2D eigenvalue weighted by Crippen LogP contribution is 2.28. The van der Waals surface area contributed by atoms with E-state index in [1.54, 1.807) is 18.2 Å². The maximum Gasteiger partial charge on any atom is 0.257 e. The summed E-state index contributed by atoms with van der Waals surface area (Å²) in [6.45, 7) is 1.38. The Morgan fingerprint density at radius 2 is 1.94 bits per heavy atom. The van der Waals surface area contributed by atoms with Crippen LogP contribution in [-0.2, 0) is 9.59 Å². The minimum Gasteiger partial charge on any atom is -0.495 e. The highest BCUT2D eigenvalue weighted by Gasteiger charge is 2.14. The van der Waals surface area contributed by atoms with E-state index < -0.39 is 10.7 Å². The number of nitrogens with one attached hydrogen (secondary N) is 2. The van der Waals surface area contributed by atoms with Gasteiger partial charge in [0, 0.05) is 12.6 Å². The van der Waals surface area contributed by atoms with E-state index in [0.717, 1.165) is 0 Å². The van der Waals surface area contributed by atoms with Crippen LogP contribution in [0.4, 0.5) is 11.4 Å². The highest BCUT2D eigenvalue weighted by atomic mass is 35.5. The van der Waals surface area contributed by atoms with Gasteiger partial charge < -0.3 is 15.4 Å². The third-order valence-corrected chi connectivity index (χ3v) is 2.37. The Hall–Kier alpha value is -1.46. The summed E-state index contributed by atoms with van der Waals surface area (Å²) >= 11 is 10.9. The van der Waals surface area contributed by atoms with Crippen LogP contribution in [0.15, 0.2) is 18.2 Å². The molecule has 0 saturated carbocycles. The van der Waals surface area contributed by atoms with Crippen molar-refractivity contribution < 1.29 is 14.3 Å². The molecule has 0 atom stereocenters. The summed E-state index contributed by atoms with van der Waals surface area (Å²) in [6.07, 6.45) is 0. The molecule has 7 heteroatoms. The van der Waals surface area contributed by atoms with Crippen LogP contribution in [0, 0.1) is 0 Å². The summed E-state index contributed by atoms with van der Waals surface area (Å²) in [5.74, 6) is -0.354. The van der Waals surface area contributed by atoms with E-state index in [0.29, 0.717) is 17.1 Å². The van der Waals surface area contributed by atoms with Crippen LogP contribution in [0.2, 0.25) is 0 Å². The van der Waals surface area contributed by atoms with Gasteiger partial charge in [-0.3, -0.25) is 9.59 Å². The van der Waals surface area contributed by atoms with E-state index in [1.165, 1.54) is 14.0 Å². The fourth-order valence-corrected chi connectivity index (χ4v) is 1.38. The average Bonchev–Trinajstić information content (AvgIpc) is 2.28. The van der Waals surface area contributed by atoms with Gasteiger partial charge >= 0.3 is 0 Å². The first kappa shape index (κ1) is 14.6. The molecule has 0 aliphatic heterocycles. The van der Waals surface area contributed by atoms with Gasteiger partial charge in [-0.05, 0) is 18.2 Å². The number of hydrogen-bond donors (Lipinski definition) is 2. The second-order valence-electron chi connectivity index (χ2n) is 3.39. The molecule has 0 heterocycles. The molecule has 0 aliphatic carbocycles. The zero-order valence-corrected chi connectivity index (χ0v) is 11.3. The van der Waals surface area contributed by atoms with Gasteiger partial charge in [0.05, 0.1) is 12.8 Å². The number of benzene rings is 1. The van der Waals surface area contributed by atoms with Crippen molar-refractivity contribution in [3.63, 3.8) is 0 Å². The largest absolute Gasteiger partial charge is 0.495 e. The number of amides is 2. The van der Waals surface area contributed by atoms with Gasteiger partial charge in [-0.15, -0.1) is 0 Å². The summed E-state index contributed by atoms with van der Waals surface area (Å²) in [7, 11) is 1.46. The monoisotopic (exact) mass is 290 g/mol. The van der Waals surface area contributed by atoms with Crippen molar-refractivity contribution in [3.05, 3.63) is 18.2 Å². The van der Waals surface area contributed by atoms with Gasteiger partial charge in [-0.1, -0.05) is 23.2 Å². The minimum absolute atomic E-state index is 0.218. The molecule has 2 N–H and O–H groups in total. The van der Waals surface area contributed by atoms with E-state index in [-0.39, 0.29) is 5.91 Å². The maximum atomic E-state index is 11.4. The lowest BCUT2D eigenvalue weighted by atomic mass is 10.2. The topological polar surface area (TPSA) is 67.4 Å². The van der Waals surface area contributed by atoms with E-state index in [9.17, 15) is 9.59 Å². The lowest BCUT2D eigenvalue weighted by Crippen LogP contribution is -2.19. The normalized spacial score (nSPS) is 10.1. The summed E-state index contributed by atoms with van der Waals surface area (Å²) in [5.41, 5.74) is 0.902. The van der Waals surface area contributed by atoms with Crippen LogP contribution in [0.3, 0.4) is 0 Å². The van der Waals surface area contributed by atoms with Gasteiger partial charge in [0.15, 0.2) is 4.84 Å². The third kappa shape index (κ3) is 4.09. The first-order chi connectivity index (χ1) is 8.43. The van der Waals surface area contributed by atoms with Crippen molar-refractivity contribution >= 4 is 46.4 Å². The first-order valence-corrected chi connectivity index (χ1v) is 5.86. The van der Waals surface area contributed by atoms with Crippen molar-refractivity contribution in [3.8, 4) is 5.75 Å². The van der Waals surface area contributed by atoms with Crippen LogP contribution in [0.5, 0.6) is 5.75 Å². The number of alkyl halides is 2. The number of carbonyl (C=O) groups is 2. The number of hydrogen-bond acceptors (Lipinski definition) is 3. The van der Waals surface area contributed by atoms with E-state index in [4.69, 9.17) is 27.9 Å². The molecule has 2 amide bonds. The lowest BCUT2D eigenvalue weighted by molar-refractivity contribution is -0.115. The quantitative estimate of drug-likeness (QED) is 0.837. The predicted molar refractivity (Wildman–Crippen MR) is 71.4 cm³/mol. The molecule has 0 aromatic heterocycles. The maximum absolute atomic E-state index is 11.4. The molecule has 0 radical (unpaired) electrons. The average molecular weight is 291 g/mol. The Balaban J connectivity index is 2.98. The molecule has 98 valence electrons. The predicted octanol–water partition coefficient (Wildman–Crippen LogP) is 2.40. The zero-order valence-electron chi connectivity index (χ0n) is 9.79. The van der Waals surface area contributed by atoms with Crippen molar-refractivity contribution in [2.45, 2.75) is 11.8 Å². The molecule has 0 fully saturated rings. The molecule has 18 heavy (non-hydrogen) atoms. The second-order valence-corrected chi connectivity index (χ2v) is 4.48. The van der Waals surface area contributed by atoms with Crippen molar-refractivity contribution in [2.24, 2.45) is 0 Å². The molecule has 1 aromatic carbocycles. The number of anilines is 2. The van der Waals surface area contributed by atoms with Crippen LogP contribution in [0.1, 0.15) is 6.92 Å². The molecule has 0 unspecified atom stereocenters. The molecule has 0 spiro atoms. The molecule has 0 saturated heterocycles. The third-order valence-electron chi connectivity index (χ3n) is 1.98. The second kappa shape index (κ2) is 6.47. The van der Waals surface area contributed by atoms with Gasteiger partial charge in [-0.25, -0.2) is 0 Å². The van der Waals surface area contributed by atoms with Crippen molar-refractivity contribution in [1.29, 1.82) is 0 Å². The molecule has 0 aliphatic rings. The van der Waals surface area contributed by atoms with Crippen molar-refractivity contribution in [2.75, 3.05) is 17.7 Å². The van der Waals surface area contributed by atoms with Crippen LogP contribution in [0.25, 0.3) is 0 Å². The standard InChI is InChI=1S/C11H12Cl2N2O3/c1-6(16)14-7-3-4-9(18-2)8(5-7)15-11(17)10(12)13/h3-5,10H,1-2H3,(H,14,16)(H,15,17). The molecule has 0 bridgehead atoms. The summed E-state index contributed by atoms with van der Waals surface area (Å²) in [6, 6.07) is 4.81. The van der Waals surface area contributed by atoms with E-state index in [2.05, 4.69) is 10.6 Å². The van der Waals surface area contributed by atoms with Crippen molar-refractivity contribution in [1.82, 2.24) is 0 Å². The van der Waals surface area contributed by atoms with Gasteiger partial charge in [-0.2, -0.15) is 0 Å². The first-order valence-electron chi connectivity index (χ1n) is 4.98. The summed E-state index contributed by atoms with van der Waals surface area (Å²) in [4.78, 5) is 21.2. The van der Waals surface area contributed by atoms with E-state index in [1.807, 2.05) is 0 Å². The van der Waals surface area contributed by atoms with Gasteiger partial charge in [0.1, 0.15) is 5.75 Å². The summed E-state index contributed by atoms with van der Waals surface area (Å²) in [5, 5.41) is 5.08. The Labute approximate surface area is 114 Å². The lowest BCUT2D eigenvalue weighted by Gasteiger charge is -2.12. The Morgan fingerprint density at radius 3 is 2.44 bits per heavy atom. The molecular formula is C11H12Cl2N2O3. The molecule has 1 aromatic rings. The van der Waals surface area contributed by atoms with Crippen LogP contribution < -0.4 is 15.4 Å². The number of ether oxygens (including phenoxy) is 1. The van der Waals surface area contributed by atoms with Crippen LogP contribution >= 0.6 is 23.2 Å².